The normalized spacial score (nSPS) is 10.2. The van der Waals surface area contributed by atoms with E-state index in [0.717, 1.165) is 0 Å². The van der Waals surface area contributed by atoms with Gasteiger partial charge in [-0.3, -0.25) is 29.0 Å². The van der Waals surface area contributed by atoms with Crippen molar-refractivity contribution < 1.29 is 19.2 Å². The first kappa shape index (κ1) is 22.9. The van der Waals surface area contributed by atoms with Gasteiger partial charge in [0.05, 0.1) is 26.2 Å². The molecule has 0 heterocycles. The van der Waals surface area contributed by atoms with Crippen LogP contribution in [0.2, 0.25) is 0 Å². The lowest BCUT2D eigenvalue weighted by molar-refractivity contribution is -0.123. The SMILES string of the molecule is CC.CC(=O)CN(CCN(CC(C)=O)CC(C)=O)CC(C)=O. The fourth-order valence-electron chi connectivity index (χ4n) is 1.97. The highest BCUT2D eigenvalue weighted by molar-refractivity contribution is 5.81. The summed E-state index contributed by atoms with van der Waals surface area (Å²) < 4.78 is 0. The van der Waals surface area contributed by atoms with Crippen LogP contribution in [0.25, 0.3) is 0 Å². The average Bonchev–Trinajstić information content (AvgIpc) is 2.35. The lowest BCUT2D eigenvalue weighted by Crippen LogP contribution is -2.42. The second kappa shape index (κ2) is 13.3. The Morgan fingerprint density at radius 3 is 0.864 bits per heavy atom. The van der Waals surface area contributed by atoms with E-state index in [-0.39, 0.29) is 49.3 Å². The van der Waals surface area contributed by atoms with E-state index in [1.165, 1.54) is 27.7 Å². The van der Waals surface area contributed by atoms with Gasteiger partial charge >= 0.3 is 0 Å². The Morgan fingerprint density at radius 2 is 0.727 bits per heavy atom. The molecule has 0 N–H and O–H groups in total. The molecule has 0 saturated heterocycles. The van der Waals surface area contributed by atoms with E-state index in [1.54, 1.807) is 9.80 Å². The Bertz CT molecular complexity index is 312. The molecule has 0 spiro atoms. The average molecular weight is 314 g/mol. The molecule has 0 radical (unpaired) electrons. The summed E-state index contributed by atoms with van der Waals surface area (Å²) in [5, 5.41) is 0. The minimum atomic E-state index is -0.0177. The standard InChI is InChI=1S/C14H24N2O4.C2H6/c1-11(17)7-15(8-12(2)18)5-6-16(9-13(3)19)10-14(4)20;1-2/h5-10H2,1-4H3;1-2H3. The van der Waals surface area contributed by atoms with E-state index in [9.17, 15) is 19.2 Å². The van der Waals surface area contributed by atoms with Crippen molar-refractivity contribution in [2.45, 2.75) is 41.5 Å². The van der Waals surface area contributed by atoms with Crippen LogP contribution in [-0.4, -0.2) is 72.2 Å². The number of hydrogen-bond donors (Lipinski definition) is 0. The first-order valence-electron chi connectivity index (χ1n) is 7.63. The van der Waals surface area contributed by atoms with Crippen LogP contribution in [0, 0.1) is 0 Å². The second-order valence-electron chi connectivity index (χ2n) is 5.23. The van der Waals surface area contributed by atoms with Gasteiger partial charge in [-0.15, -0.1) is 0 Å². The van der Waals surface area contributed by atoms with Gasteiger partial charge < -0.3 is 0 Å². The Balaban J connectivity index is 0. The summed E-state index contributed by atoms with van der Waals surface area (Å²) in [6, 6.07) is 0. The molecular weight excluding hydrogens is 284 g/mol. The van der Waals surface area contributed by atoms with Crippen LogP contribution >= 0.6 is 0 Å². The zero-order chi connectivity index (χ0) is 17.7. The summed E-state index contributed by atoms with van der Waals surface area (Å²) in [5.41, 5.74) is 0. The Kier molecular flexibility index (Phi) is 13.8. The molecule has 0 aliphatic carbocycles. The molecule has 0 aliphatic heterocycles. The summed E-state index contributed by atoms with van der Waals surface area (Å²) in [6.45, 7) is 11.6. The van der Waals surface area contributed by atoms with E-state index in [4.69, 9.17) is 0 Å². The molecule has 6 heteroatoms. The van der Waals surface area contributed by atoms with Crippen molar-refractivity contribution in [2.24, 2.45) is 0 Å². The van der Waals surface area contributed by atoms with Crippen molar-refractivity contribution in [3.63, 3.8) is 0 Å². The largest absolute Gasteiger partial charge is 0.299 e. The third-order valence-electron chi connectivity index (χ3n) is 2.52. The number of nitrogens with zero attached hydrogens (tertiary/aromatic N) is 2. The maximum atomic E-state index is 11.2. The van der Waals surface area contributed by atoms with Crippen molar-refractivity contribution in [1.82, 2.24) is 9.80 Å². The van der Waals surface area contributed by atoms with E-state index in [0.29, 0.717) is 13.1 Å². The van der Waals surface area contributed by atoms with Crippen molar-refractivity contribution in [2.75, 3.05) is 39.3 Å². The van der Waals surface area contributed by atoms with E-state index < -0.39 is 0 Å². The topological polar surface area (TPSA) is 74.8 Å². The maximum absolute atomic E-state index is 11.2. The molecule has 0 atom stereocenters. The Labute approximate surface area is 133 Å². The molecule has 6 nitrogen and oxygen atoms in total. The first-order chi connectivity index (χ1) is 10.2. The fourth-order valence-corrected chi connectivity index (χ4v) is 1.97. The van der Waals surface area contributed by atoms with E-state index in [1.807, 2.05) is 13.8 Å². The summed E-state index contributed by atoms with van der Waals surface area (Å²) in [5.74, 6) is -0.0706. The third-order valence-corrected chi connectivity index (χ3v) is 2.52. The van der Waals surface area contributed by atoms with Gasteiger partial charge in [-0.25, -0.2) is 0 Å². The van der Waals surface area contributed by atoms with Gasteiger partial charge in [-0.1, -0.05) is 13.8 Å². The lowest BCUT2D eigenvalue weighted by atomic mass is 10.3. The molecule has 22 heavy (non-hydrogen) atoms. The van der Waals surface area contributed by atoms with Gasteiger partial charge in [-0.2, -0.15) is 0 Å². The van der Waals surface area contributed by atoms with Gasteiger partial charge in [0.15, 0.2) is 0 Å². The predicted octanol–water partition coefficient (Wildman–Crippen LogP) is 0.973. The molecular formula is C16H30N2O4. The van der Waals surface area contributed by atoms with Gasteiger partial charge in [0.1, 0.15) is 23.1 Å². The number of rotatable bonds is 11. The molecule has 0 aromatic carbocycles. The van der Waals surface area contributed by atoms with Crippen LogP contribution in [0.3, 0.4) is 0 Å². The minimum Gasteiger partial charge on any atom is -0.299 e. The Hall–Kier alpha value is -1.40. The summed E-state index contributed by atoms with van der Waals surface area (Å²) in [4.78, 5) is 48.1. The zero-order valence-corrected chi connectivity index (χ0v) is 14.8. The third kappa shape index (κ3) is 15.0. The molecule has 0 aliphatic rings. The molecule has 0 aromatic heterocycles. The molecule has 0 rings (SSSR count). The van der Waals surface area contributed by atoms with Crippen LogP contribution in [-0.2, 0) is 19.2 Å². The molecule has 0 aromatic rings. The predicted molar refractivity (Wildman–Crippen MR) is 87.0 cm³/mol. The first-order valence-corrected chi connectivity index (χ1v) is 7.63. The van der Waals surface area contributed by atoms with Crippen molar-refractivity contribution in [3.8, 4) is 0 Å². The highest BCUT2D eigenvalue weighted by Crippen LogP contribution is 1.95. The summed E-state index contributed by atoms with van der Waals surface area (Å²) in [6.07, 6.45) is 0. The monoisotopic (exact) mass is 314 g/mol. The molecule has 0 amide bonds. The van der Waals surface area contributed by atoms with Gasteiger partial charge in [0, 0.05) is 13.1 Å². The highest BCUT2D eigenvalue weighted by atomic mass is 16.1. The molecule has 0 saturated carbocycles. The van der Waals surface area contributed by atoms with Crippen LogP contribution in [0.5, 0.6) is 0 Å². The number of Topliss-reactive ketones (excluding diaryl/α,β-unsaturated/α-hetero) is 4. The highest BCUT2D eigenvalue weighted by Gasteiger charge is 2.14. The zero-order valence-electron chi connectivity index (χ0n) is 14.8. The lowest BCUT2D eigenvalue weighted by Gasteiger charge is -2.25. The van der Waals surface area contributed by atoms with Crippen LogP contribution in [0.4, 0.5) is 0 Å². The van der Waals surface area contributed by atoms with Crippen LogP contribution in [0.15, 0.2) is 0 Å². The van der Waals surface area contributed by atoms with Crippen LogP contribution in [0.1, 0.15) is 41.5 Å². The molecule has 0 unspecified atom stereocenters. The van der Waals surface area contributed by atoms with Crippen molar-refractivity contribution in [1.29, 1.82) is 0 Å². The summed E-state index contributed by atoms with van der Waals surface area (Å²) >= 11 is 0. The Morgan fingerprint density at radius 1 is 0.545 bits per heavy atom. The van der Waals surface area contributed by atoms with Gasteiger partial charge in [-0.05, 0) is 27.7 Å². The van der Waals surface area contributed by atoms with E-state index in [2.05, 4.69) is 0 Å². The fraction of sp³-hybridized carbons (Fsp3) is 0.750. The quantitative estimate of drug-likeness (QED) is 0.566. The number of hydrogen-bond acceptors (Lipinski definition) is 6. The minimum absolute atomic E-state index is 0.0177. The maximum Gasteiger partial charge on any atom is 0.143 e. The number of carbonyl (C=O) groups excluding carboxylic acids is 4. The smallest absolute Gasteiger partial charge is 0.143 e. The van der Waals surface area contributed by atoms with Crippen molar-refractivity contribution in [3.05, 3.63) is 0 Å². The number of carbonyl (C=O) groups is 4. The van der Waals surface area contributed by atoms with E-state index >= 15 is 0 Å². The van der Waals surface area contributed by atoms with Gasteiger partial charge in [0.2, 0.25) is 0 Å². The molecule has 0 fully saturated rings. The van der Waals surface area contributed by atoms with Gasteiger partial charge in [0.25, 0.3) is 0 Å². The number of ketones is 4. The van der Waals surface area contributed by atoms with Crippen LogP contribution < -0.4 is 0 Å². The molecule has 0 bridgehead atoms. The van der Waals surface area contributed by atoms with Crippen molar-refractivity contribution >= 4 is 23.1 Å². The second-order valence-corrected chi connectivity index (χ2v) is 5.23. The molecule has 128 valence electrons. The summed E-state index contributed by atoms with van der Waals surface area (Å²) in [7, 11) is 0.